The van der Waals surface area contributed by atoms with Gasteiger partial charge in [0.05, 0.1) is 12.3 Å². The van der Waals surface area contributed by atoms with E-state index >= 15 is 0 Å². The average molecular weight is 371 g/mol. The van der Waals surface area contributed by atoms with Crippen molar-refractivity contribution in [2.24, 2.45) is 5.73 Å². The average Bonchev–Trinajstić information content (AvgIpc) is 2.68. The van der Waals surface area contributed by atoms with E-state index in [2.05, 4.69) is 15.3 Å². The fourth-order valence-electron chi connectivity index (χ4n) is 2.53. The van der Waals surface area contributed by atoms with E-state index in [0.29, 0.717) is 13.2 Å². The van der Waals surface area contributed by atoms with Crippen LogP contribution >= 0.6 is 12.4 Å². The largest absolute Gasteiger partial charge is 0.494 e. The predicted molar refractivity (Wildman–Crippen MR) is 108 cm³/mol. The first-order valence-electron chi connectivity index (χ1n) is 8.36. The number of benzene rings is 2. The number of ether oxygens (including phenoxy) is 1. The Balaban J connectivity index is 0.00000243. The van der Waals surface area contributed by atoms with Gasteiger partial charge in [-0.05, 0) is 36.8 Å². The number of aromatic nitrogens is 2. The van der Waals surface area contributed by atoms with Gasteiger partial charge in [0.2, 0.25) is 0 Å². The molecule has 3 aromatic rings. The van der Waals surface area contributed by atoms with Gasteiger partial charge in [-0.1, -0.05) is 30.3 Å². The highest BCUT2D eigenvalue weighted by Gasteiger charge is 2.07. The SMILES string of the molecule is CCOc1ccc(-c2cc(NCC(N)c3ccccc3)ncn2)cc1.Cl. The number of nitrogens with two attached hydrogens (primary N) is 1. The fraction of sp³-hybridized carbons (Fsp3) is 0.200. The molecule has 0 saturated heterocycles. The molecule has 6 heteroatoms. The van der Waals surface area contributed by atoms with Crippen molar-refractivity contribution in [2.75, 3.05) is 18.5 Å². The van der Waals surface area contributed by atoms with Crippen LogP contribution in [0.15, 0.2) is 67.0 Å². The molecule has 3 N–H and O–H groups in total. The molecule has 0 amide bonds. The molecule has 0 aliphatic rings. The third-order valence-electron chi connectivity index (χ3n) is 3.86. The highest BCUT2D eigenvalue weighted by atomic mass is 35.5. The maximum absolute atomic E-state index is 6.22. The Kier molecular flexibility index (Phi) is 7.38. The van der Waals surface area contributed by atoms with Gasteiger partial charge in [-0.2, -0.15) is 0 Å². The summed E-state index contributed by atoms with van der Waals surface area (Å²) >= 11 is 0. The second kappa shape index (κ2) is 9.75. The van der Waals surface area contributed by atoms with Crippen molar-refractivity contribution >= 4 is 18.2 Å². The molecular weight excluding hydrogens is 348 g/mol. The number of rotatable bonds is 7. The molecule has 5 nitrogen and oxygen atoms in total. The second-order valence-corrected chi connectivity index (χ2v) is 5.64. The highest BCUT2D eigenvalue weighted by Crippen LogP contribution is 2.22. The van der Waals surface area contributed by atoms with Crippen molar-refractivity contribution in [3.05, 3.63) is 72.6 Å². The number of anilines is 1. The summed E-state index contributed by atoms with van der Waals surface area (Å²) in [5.41, 5.74) is 9.18. The Labute approximate surface area is 160 Å². The molecule has 1 atom stereocenters. The molecule has 0 spiro atoms. The lowest BCUT2D eigenvalue weighted by Crippen LogP contribution is -2.20. The van der Waals surface area contributed by atoms with Crippen LogP contribution in [0.2, 0.25) is 0 Å². The van der Waals surface area contributed by atoms with Crippen LogP contribution in [0.25, 0.3) is 11.3 Å². The zero-order chi connectivity index (χ0) is 17.5. The van der Waals surface area contributed by atoms with Crippen molar-refractivity contribution in [1.29, 1.82) is 0 Å². The van der Waals surface area contributed by atoms with Crippen LogP contribution in [0.5, 0.6) is 5.75 Å². The molecule has 1 aromatic heterocycles. The molecule has 0 aliphatic carbocycles. The number of hydrogen-bond acceptors (Lipinski definition) is 5. The summed E-state index contributed by atoms with van der Waals surface area (Å²) in [6.45, 7) is 3.22. The van der Waals surface area contributed by atoms with E-state index in [4.69, 9.17) is 10.5 Å². The molecule has 0 bridgehead atoms. The second-order valence-electron chi connectivity index (χ2n) is 5.64. The molecule has 136 valence electrons. The van der Waals surface area contributed by atoms with Crippen LogP contribution in [0.4, 0.5) is 5.82 Å². The van der Waals surface area contributed by atoms with Crippen molar-refractivity contribution in [3.8, 4) is 17.0 Å². The van der Waals surface area contributed by atoms with Crippen LogP contribution in [-0.4, -0.2) is 23.1 Å². The Morgan fingerprint density at radius 3 is 2.46 bits per heavy atom. The summed E-state index contributed by atoms with van der Waals surface area (Å²) in [7, 11) is 0. The van der Waals surface area contributed by atoms with Crippen molar-refractivity contribution in [3.63, 3.8) is 0 Å². The topological polar surface area (TPSA) is 73.1 Å². The van der Waals surface area contributed by atoms with Crippen molar-refractivity contribution in [1.82, 2.24) is 9.97 Å². The van der Waals surface area contributed by atoms with E-state index < -0.39 is 0 Å². The third kappa shape index (κ3) is 5.18. The van der Waals surface area contributed by atoms with Gasteiger partial charge in [-0.25, -0.2) is 9.97 Å². The Hall–Kier alpha value is -2.63. The van der Waals surface area contributed by atoms with Gasteiger partial charge in [0.25, 0.3) is 0 Å². The van der Waals surface area contributed by atoms with Crippen molar-refractivity contribution in [2.45, 2.75) is 13.0 Å². The van der Waals surface area contributed by atoms with E-state index in [0.717, 1.165) is 28.4 Å². The molecule has 0 fully saturated rings. The monoisotopic (exact) mass is 370 g/mol. The molecule has 2 aromatic carbocycles. The van der Waals surface area contributed by atoms with E-state index in [1.807, 2.05) is 67.6 Å². The van der Waals surface area contributed by atoms with Gasteiger partial charge in [0, 0.05) is 24.2 Å². The van der Waals surface area contributed by atoms with Crippen molar-refractivity contribution < 1.29 is 4.74 Å². The van der Waals surface area contributed by atoms with Crippen LogP contribution in [0.3, 0.4) is 0 Å². The lowest BCUT2D eigenvalue weighted by Gasteiger charge is -2.14. The molecule has 26 heavy (non-hydrogen) atoms. The van der Waals surface area contributed by atoms with E-state index in [1.54, 1.807) is 6.33 Å². The quantitative estimate of drug-likeness (QED) is 0.655. The first kappa shape index (κ1) is 19.7. The van der Waals surface area contributed by atoms with Crippen LogP contribution < -0.4 is 15.8 Å². The first-order chi connectivity index (χ1) is 12.3. The summed E-state index contributed by atoms with van der Waals surface area (Å²) < 4.78 is 5.47. The van der Waals surface area contributed by atoms with E-state index in [-0.39, 0.29) is 18.4 Å². The minimum Gasteiger partial charge on any atom is -0.494 e. The highest BCUT2D eigenvalue weighted by molar-refractivity contribution is 5.85. The number of hydrogen-bond donors (Lipinski definition) is 2. The zero-order valence-electron chi connectivity index (χ0n) is 14.6. The van der Waals surface area contributed by atoms with Crippen LogP contribution in [0.1, 0.15) is 18.5 Å². The standard InChI is InChI=1S/C20H22N4O.ClH/c1-2-25-17-10-8-16(9-11-17)19-12-20(24-14-23-19)22-13-18(21)15-6-4-3-5-7-15;/h3-12,14,18H,2,13,21H2,1H3,(H,22,23,24);1H. The lowest BCUT2D eigenvalue weighted by molar-refractivity contribution is 0.340. The molecule has 0 saturated carbocycles. The Morgan fingerprint density at radius 1 is 1.04 bits per heavy atom. The van der Waals surface area contributed by atoms with Gasteiger partial charge in [-0.3, -0.25) is 0 Å². The maximum atomic E-state index is 6.22. The van der Waals surface area contributed by atoms with Crippen LogP contribution in [0, 0.1) is 0 Å². The molecule has 1 unspecified atom stereocenters. The number of nitrogens with one attached hydrogen (secondary N) is 1. The van der Waals surface area contributed by atoms with Gasteiger partial charge in [0.1, 0.15) is 17.9 Å². The van der Waals surface area contributed by atoms with Gasteiger partial charge >= 0.3 is 0 Å². The Morgan fingerprint density at radius 2 is 1.77 bits per heavy atom. The third-order valence-corrected chi connectivity index (χ3v) is 3.86. The summed E-state index contributed by atoms with van der Waals surface area (Å²) in [4.78, 5) is 8.62. The molecule has 0 radical (unpaired) electrons. The molecule has 1 heterocycles. The molecular formula is C20H23ClN4O. The fourth-order valence-corrected chi connectivity index (χ4v) is 2.53. The molecule has 0 aliphatic heterocycles. The predicted octanol–water partition coefficient (Wildman–Crippen LogP) is 4.08. The summed E-state index contributed by atoms with van der Waals surface area (Å²) in [5, 5.41) is 3.28. The molecule has 3 rings (SSSR count). The minimum absolute atomic E-state index is 0. The lowest BCUT2D eigenvalue weighted by atomic mass is 10.1. The summed E-state index contributed by atoms with van der Waals surface area (Å²) in [5.74, 6) is 1.61. The zero-order valence-corrected chi connectivity index (χ0v) is 15.4. The maximum Gasteiger partial charge on any atom is 0.130 e. The van der Waals surface area contributed by atoms with Crippen LogP contribution in [-0.2, 0) is 0 Å². The van der Waals surface area contributed by atoms with E-state index in [9.17, 15) is 0 Å². The normalized spacial score (nSPS) is 11.3. The smallest absolute Gasteiger partial charge is 0.130 e. The summed E-state index contributed by atoms with van der Waals surface area (Å²) in [6, 6.07) is 19.7. The van der Waals surface area contributed by atoms with E-state index in [1.165, 1.54) is 0 Å². The number of nitrogens with zero attached hydrogens (tertiary/aromatic N) is 2. The number of halogens is 1. The Bertz CT molecular complexity index is 796. The minimum atomic E-state index is -0.0925. The first-order valence-corrected chi connectivity index (χ1v) is 8.36. The summed E-state index contributed by atoms with van der Waals surface area (Å²) in [6.07, 6.45) is 1.56. The van der Waals surface area contributed by atoms with Gasteiger partial charge in [-0.15, -0.1) is 12.4 Å². The van der Waals surface area contributed by atoms with Gasteiger partial charge < -0.3 is 15.8 Å². The van der Waals surface area contributed by atoms with Gasteiger partial charge in [0.15, 0.2) is 0 Å².